The van der Waals surface area contributed by atoms with Crippen LogP contribution in [0.15, 0.2) is 0 Å². The van der Waals surface area contributed by atoms with Crippen molar-refractivity contribution in [1.29, 1.82) is 0 Å². The van der Waals surface area contributed by atoms with Crippen molar-refractivity contribution in [3.8, 4) is 0 Å². The van der Waals surface area contributed by atoms with Gasteiger partial charge in [0.1, 0.15) is 0 Å². The highest BCUT2D eigenvalue weighted by Gasteiger charge is 2.40. The summed E-state index contributed by atoms with van der Waals surface area (Å²) in [7, 11) is 0. The van der Waals surface area contributed by atoms with Gasteiger partial charge in [-0.15, -0.1) is 0 Å². The van der Waals surface area contributed by atoms with Crippen LogP contribution in [0.2, 0.25) is 0 Å². The minimum atomic E-state index is -0.833. The maximum absolute atomic E-state index is 11.5. The Morgan fingerprint density at radius 2 is 1.89 bits per heavy atom. The Kier molecular flexibility index (Phi) is 7.09. The third-order valence-electron chi connectivity index (χ3n) is 4.39. The Hall–Kier alpha value is -1.06. The van der Waals surface area contributed by atoms with Crippen molar-refractivity contribution in [3.63, 3.8) is 0 Å². The van der Waals surface area contributed by atoms with Crippen LogP contribution in [0.5, 0.6) is 0 Å². The van der Waals surface area contributed by atoms with E-state index >= 15 is 0 Å². The first-order chi connectivity index (χ1) is 8.63. The molecule has 1 aliphatic rings. The molecule has 3 unspecified atom stereocenters. The van der Waals surface area contributed by atoms with E-state index in [1.807, 2.05) is 0 Å². The standard InChI is InChI=1S/C13H25NO.C2H4O2/c1-5-13(4)7-6-10(9(2)3)11(8-13)12(14)15;1-2(3)4/h9-11H,5-8H2,1-4H3,(H2,14,15);1H3,(H,3,4). The second-order valence-electron chi connectivity index (χ2n) is 6.34. The summed E-state index contributed by atoms with van der Waals surface area (Å²) < 4.78 is 0. The first-order valence-electron chi connectivity index (χ1n) is 7.11. The number of amides is 1. The molecule has 1 saturated carbocycles. The van der Waals surface area contributed by atoms with E-state index in [0.717, 1.165) is 26.2 Å². The summed E-state index contributed by atoms with van der Waals surface area (Å²) in [5.41, 5.74) is 5.87. The number of hydrogen-bond donors (Lipinski definition) is 2. The van der Waals surface area contributed by atoms with Crippen molar-refractivity contribution < 1.29 is 14.7 Å². The van der Waals surface area contributed by atoms with Gasteiger partial charge >= 0.3 is 0 Å². The maximum Gasteiger partial charge on any atom is 0.300 e. The van der Waals surface area contributed by atoms with Crippen LogP contribution in [-0.4, -0.2) is 17.0 Å². The number of primary amides is 1. The van der Waals surface area contributed by atoms with Gasteiger partial charge in [0.15, 0.2) is 0 Å². The molecule has 0 saturated heterocycles. The van der Waals surface area contributed by atoms with Crippen molar-refractivity contribution >= 4 is 11.9 Å². The van der Waals surface area contributed by atoms with E-state index in [9.17, 15) is 4.79 Å². The van der Waals surface area contributed by atoms with Crippen LogP contribution < -0.4 is 5.73 Å². The molecule has 0 spiro atoms. The van der Waals surface area contributed by atoms with E-state index in [4.69, 9.17) is 15.6 Å². The summed E-state index contributed by atoms with van der Waals surface area (Å²) in [6, 6.07) is 0. The van der Waals surface area contributed by atoms with Crippen LogP contribution in [0.3, 0.4) is 0 Å². The van der Waals surface area contributed by atoms with Gasteiger partial charge in [0.05, 0.1) is 0 Å². The van der Waals surface area contributed by atoms with Gasteiger partial charge in [-0.1, -0.05) is 34.1 Å². The molecule has 0 aromatic rings. The predicted octanol–water partition coefficient (Wildman–Crippen LogP) is 3.05. The normalized spacial score (nSPS) is 30.4. The lowest BCUT2D eigenvalue weighted by atomic mass is 9.62. The van der Waals surface area contributed by atoms with Crippen LogP contribution in [-0.2, 0) is 9.59 Å². The van der Waals surface area contributed by atoms with Gasteiger partial charge < -0.3 is 10.8 Å². The fourth-order valence-corrected chi connectivity index (χ4v) is 2.93. The van der Waals surface area contributed by atoms with Gasteiger partial charge in [0.25, 0.3) is 5.97 Å². The van der Waals surface area contributed by atoms with Crippen molar-refractivity contribution in [2.75, 3.05) is 0 Å². The van der Waals surface area contributed by atoms with E-state index in [1.165, 1.54) is 6.42 Å². The number of rotatable bonds is 3. The van der Waals surface area contributed by atoms with Gasteiger partial charge in [-0.05, 0) is 36.5 Å². The van der Waals surface area contributed by atoms with Gasteiger partial charge in [-0.3, -0.25) is 9.59 Å². The first-order valence-corrected chi connectivity index (χ1v) is 7.11. The molecule has 1 fully saturated rings. The summed E-state index contributed by atoms with van der Waals surface area (Å²) in [5, 5.41) is 7.42. The minimum Gasteiger partial charge on any atom is -0.481 e. The van der Waals surface area contributed by atoms with Crippen LogP contribution in [0.1, 0.15) is 60.3 Å². The molecule has 3 N–H and O–H groups in total. The molecule has 0 heterocycles. The molecule has 0 aliphatic heterocycles. The molecular formula is C15H29NO3. The Morgan fingerprint density at radius 1 is 1.42 bits per heavy atom. The largest absolute Gasteiger partial charge is 0.481 e. The number of carbonyl (C=O) groups is 2. The molecule has 1 amide bonds. The number of carboxylic acids is 1. The highest BCUT2D eigenvalue weighted by Crippen LogP contribution is 2.46. The van der Waals surface area contributed by atoms with E-state index < -0.39 is 5.97 Å². The summed E-state index contributed by atoms with van der Waals surface area (Å²) in [6.07, 6.45) is 4.55. The second-order valence-corrected chi connectivity index (χ2v) is 6.34. The van der Waals surface area contributed by atoms with E-state index in [1.54, 1.807) is 0 Å². The van der Waals surface area contributed by atoms with Crippen LogP contribution in [0.25, 0.3) is 0 Å². The maximum atomic E-state index is 11.5. The van der Waals surface area contributed by atoms with Crippen molar-refractivity contribution in [3.05, 3.63) is 0 Å². The van der Waals surface area contributed by atoms with E-state index in [0.29, 0.717) is 17.3 Å². The average Bonchev–Trinajstić information content (AvgIpc) is 2.27. The molecule has 112 valence electrons. The molecule has 4 heteroatoms. The van der Waals surface area contributed by atoms with Crippen molar-refractivity contribution in [2.24, 2.45) is 28.9 Å². The second kappa shape index (κ2) is 7.51. The summed E-state index contributed by atoms with van der Waals surface area (Å²) >= 11 is 0. The fourth-order valence-electron chi connectivity index (χ4n) is 2.93. The first kappa shape index (κ1) is 17.9. The van der Waals surface area contributed by atoms with E-state index in [2.05, 4.69) is 27.7 Å². The van der Waals surface area contributed by atoms with Gasteiger partial charge in [0, 0.05) is 12.8 Å². The number of hydrogen-bond acceptors (Lipinski definition) is 2. The lowest BCUT2D eigenvalue weighted by Crippen LogP contribution is -2.41. The fraction of sp³-hybridized carbons (Fsp3) is 0.867. The molecule has 0 aromatic carbocycles. The lowest BCUT2D eigenvalue weighted by molar-refractivity contribution is -0.134. The molecule has 1 aliphatic carbocycles. The molecular weight excluding hydrogens is 242 g/mol. The predicted molar refractivity (Wildman–Crippen MR) is 76.6 cm³/mol. The average molecular weight is 271 g/mol. The minimum absolute atomic E-state index is 0.0897. The quantitative estimate of drug-likeness (QED) is 0.827. The summed E-state index contributed by atoms with van der Waals surface area (Å²) in [6.45, 7) is 10.00. The Balaban J connectivity index is 0.000000711. The van der Waals surface area contributed by atoms with Crippen LogP contribution >= 0.6 is 0 Å². The number of nitrogens with two attached hydrogens (primary N) is 1. The third kappa shape index (κ3) is 6.08. The zero-order chi connectivity index (χ0) is 15.2. The number of aliphatic carboxylic acids is 1. The molecule has 0 aromatic heterocycles. The van der Waals surface area contributed by atoms with Crippen molar-refractivity contribution in [1.82, 2.24) is 0 Å². The summed E-state index contributed by atoms with van der Waals surface area (Å²) in [4.78, 5) is 20.5. The topological polar surface area (TPSA) is 80.4 Å². The lowest BCUT2D eigenvalue weighted by Gasteiger charge is -2.42. The Bertz CT molecular complexity index is 311. The highest BCUT2D eigenvalue weighted by atomic mass is 16.4. The Morgan fingerprint density at radius 3 is 2.21 bits per heavy atom. The summed E-state index contributed by atoms with van der Waals surface area (Å²) in [5.74, 6) is 0.253. The molecule has 0 radical (unpaired) electrons. The molecule has 0 bridgehead atoms. The molecule has 4 nitrogen and oxygen atoms in total. The van der Waals surface area contributed by atoms with Gasteiger partial charge in [-0.25, -0.2) is 0 Å². The zero-order valence-electron chi connectivity index (χ0n) is 12.9. The van der Waals surface area contributed by atoms with Crippen LogP contribution in [0.4, 0.5) is 0 Å². The van der Waals surface area contributed by atoms with Crippen LogP contribution in [0, 0.1) is 23.2 Å². The van der Waals surface area contributed by atoms with Gasteiger partial charge in [0.2, 0.25) is 5.91 Å². The SMILES string of the molecule is CC(=O)O.CCC1(C)CCC(C(C)C)C(C(N)=O)C1. The Labute approximate surface area is 116 Å². The molecule has 3 atom stereocenters. The molecule has 19 heavy (non-hydrogen) atoms. The number of carbonyl (C=O) groups excluding carboxylic acids is 1. The third-order valence-corrected chi connectivity index (χ3v) is 4.39. The van der Waals surface area contributed by atoms with E-state index in [-0.39, 0.29) is 11.8 Å². The van der Waals surface area contributed by atoms with Crippen molar-refractivity contribution in [2.45, 2.75) is 60.3 Å². The zero-order valence-corrected chi connectivity index (χ0v) is 12.9. The monoisotopic (exact) mass is 271 g/mol. The van der Waals surface area contributed by atoms with Gasteiger partial charge in [-0.2, -0.15) is 0 Å². The molecule has 1 rings (SSSR count). The highest BCUT2D eigenvalue weighted by molar-refractivity contribution is 5.77. The smallest absolute Gasteiger partial charge is 0.300 e. The number of carboxylic acid groups (broad SMARTS) is 1.